The van der Waals surface area contributed by atoms with Crippen molar-refractivity contribution in [1.29, 1.82) is 0 Å². The molecule has 0 radical (unpaired) electrons. The summed E-state index contributed by atoms with van der Waals surface area (Å²) in [5.74, 6) is 0.352. The summed E-state index contributed by atoms with van der Waals surface area (Å²) in [6, 6.07) is 11.0. The molecule has 0 unspecified atom stereocenters. The van der Waals surface area contributed by atoms with Crippen LogP contribution in [0.25, 0.3) is 0 Å². The molecule has 3 rings (SSSR count). The third kappa shape index (κ3) is 5.59. The number of carbonyl (C=O) groups excluding carboxylic acids is 1. The van der Waals surface area contributed by atoms with Crippen molar-refractivity contribution in [3.63, 3.8) is 0 Å². The van der Waals surface area contributed by atoms with Crippen LogP contribution in [0.5, 0.6) is 0 Å². The van der Waals surface area contributed by atoms with E-state index in [9.17, 15) is 9.59 Å². The summed E-state index contributed by atoms with van der Waals surface area (Å²) in [7, 11) is 0. The van der Waals surface area contributed by atoms with Gasteiger partial charge in [-0.25, -0.2) is 0 Å². The van der Waals surface area contributed by atoms with Gasteiger partial charge in [-0.2, -0.15) is 0 Å². The van der Waals surface area contributed by atoms with Crippen molar-refractivity contribution >= 4 is 11.6 Å². The minimum atomic E-state index is -0.287. The molecule has 1 fully saturated rings. The Balaban J connectivity index is 1.96. The molecule has 0 aliphatic heterocycles. The summed E-state index contributed by atoms with van der Waals surface area (Å²) >= 11 is 0. The predicted molar refractivity (Wildman–Crippen MR) is 120 cm³/mol. The van der Waals surface area contributed by atoms with Crippen molar-refractivity contribution < 1.29 is 4.79 Å². The predicted octanol–water partition coefficient (Wildman–Crippen LogP) is 5.72. The standard InChI is InChI=1S/C25H34N2O2/c1-3-4-7-16-22-24(25(29)26-21-14-10-6-11-15-21)23(28)17-19(2)27(22)18-20-12-8-5-9-13-20/h6,10-11,14-15,17,20H,3-5,7-9,12-13,16,18H2,1-2H3,(H,26,29). The number of hydrogen-bond donors (Lipinski definition) is 1. The summed E-state index contributed by atoms with van der Waals surface area (Å²) in [5, 5.41) is 2.93. The lowest BCUT2D eigenvalue weighted by atomic mass is 9.89. The SMILES string of the molecule is CCCCCc1c(C(=O)Nc2ccccc2)c(=O)cc(C)n1CC1CCCCC1. The molecule has 4 nitrogen and oxygen atoms in total. The molecule has 0 saturated heterocycles. The number of nitrogens with zero attached hydrogens (tertiary/aromatic N) is 1. The van der Waals surface area contributed by atoms with Crippen LogP contribution in [0.3, 0.4) is 0 Å². The molecule has 1 amide bonds. The molecule has 2 aromatic rings. The second-order valence-corrected chi connectivity index (χ2v) is 8.36. The lowest BCUT2D eigenvalue weighted by Crippen LogP contribution is -2.30. The zero-order valence-electron chi connectivity index (χ0n) is 17.9. The highest BCUT2D eigenvalue weighted by Gasteiger charge is 2.22. The van der Waals surface area contributed by atoms with Crippen LogP contribution in [0.2, 0.25) is 0 Å². The highest BCUT2D eigenvalue weighted by Crippen LogP contribution is 2.27. The van der Waals surface area contributed by atoms with E-state index in [2.05, 4.69) is 16.8 Å². The normalized spacial score (nSPS) is 14.7. The number of benzene rings is 1. The van der Waals surface area contributed by atoms with Crippen molar-refractivity contribution in [2.45, 2.75) is 78.2 Å². The van der Waals surface area contributed by atoms with Crippen molar-refractivity contribution in [3.8, 4) is 0 Å². The van der Waals surface area contributed by atoms with E-state index in [-0.39, 0.29) is 11.3 Å². The molecule has 1 aliphatic rings. The van der Waals surface area contributed by atoms with Crippen LogP contribution >= 0.6 is 0 Å². The summed E-state index contributed by atoms with van der Waals surface area (Å²) in [4.78, 5) is 26.0. The van der Waals surface area contributed by atoms with Gasteiger partial charge in [-0.05, 0) is 50.7 Å². The number of amides is 1. The molecule has 0 spiro atoms. The molecule has 0 bridgehead atoms. The van der Waals surface area contributed by atoms with Crippen LogP contribution in [0.1, 0.15) is 80.0 Å². The van der Waals surface area contributed by atoms with Crippen molar-refractivity contribution in [3.05, 3.63) is 63.6 Å². The maximum Gasteiger partial charge on any atom is 0.261 e. The number of aromatic nitrogens is 1. The van der Waals surface area contributed by atoms with Gasteiger partial charge >= 0.3 is 0 Å². The van der Waals surface area contributed by atoms with Crippen LogP contribution in [-0.2, 0) is 13.0 Å². The van der Waals surface area contributed by atoms with E-state index >= 15 is 0 Å². The molecule has 4 heteroatoms. The number of aryl methyl sites for hydroxylation is 1. The first-order chi connectivity index (χ1) is 14.1. The molecule has 29 heavy (non-hydrogen) atoms. The monoisotopic (exact) mass is 394 g/mol. The van der Waals surface area contributed by atoms with Crippen molar-refractivity contribution in [2.75, 3.05) is 5.32 Å². The second kappa shape index (κ2) is 10.4. The van der Waals surface area contributed by atoms with Crippen LogP contribution in [0, 0.1) is 12.8 Å². The molecule has 1 N–H and O–H groups in total. The third-order valence-electron chi connectivity index (χ3n) is 6.07. The van der Waals surface area contributed by atoms with E-state index < -0.39 is 0 Å². The largest absolute Gasteiger partial charge is 0.348 e. The van der Waals surface area contributed by atoms with E-state index in [0.717, 1.165) is 49.3 Å². The molecule has 156 valence electrons. The van der Waals surface area contributed by atoms with Gasteiger partial charge < -0.3 is 9.88 Å². The van der Waals surface area contributed by atoms with Gasteiger partial charge in [0, 0.05) is 29.7 Å². The number of carbonyl (C=O) groups is 1. The van der Waals surface area contributed by atoms with Crippen molar-refractivity contribution in [1.82, 2.24) is 4.57 Å². The van der Waals surface area contributed by atoms with Crippen LogP contribution in [-0.4, -0.2) is 10.5 Å². The van der Waals surface area contributed by atoms with Gasteiger partial charge in [0.05, 0.1) is 0 Å². The zero-order chi connectivity index (χ0) is 20.6. The first kappa shape index (κ1) is 21.4. The Morgan fingerprint density at radius 2 is 1.83 bits per heavy atom. The Kier molecular flexibility index (Phi) is 7.68. The van der Waals surface area contributed by atoms with Gasteiger partial charge in [0.25, 0.3) is 5.91 Å². The van der Waals surface area contributed by atoms with Gasteiger partial charge in [0.1, 0.15) is 5.56 Å². The van der Waals surface area contributed by atoms with E-state index in [1.54, 1.807) is 6.07 Å². The van der Waals surface area contributed by atoms with Crippen molar-refractivity contribution in [2.24, 2.45) is 5.92 Å². The number of unbranched alkanes of at least 4 members (excludes halogenated alkanes) is 2. The number of nitrogens with one attached hydrogen (secondary N) is 1. The Labute approximate surface area is 174 Å². The zero-order valence-corrected chi connectivity index (χ0v) is 17.9. The van der Waals surface area contributed by atoms with E-state index in [0.29, 0.717) is 11.5 Å². The average molecular weight is 395 g/mol. The van der Waals surface area contributed by atoms with Gasteiger partial charge in [-0.15, -0.1) is 0 Å². The van der Waals surface area contributed by atoms with Crippen LogP contribution < -0.4 is 10.7 Å². The minimum Gasteiger partial charge on any atom is -0.348 e. The summed E-state index contributed by atoms with van der Waals surface area (Å²) in [6.07, 6.45) is 10.4. The van der Waals surface area contributed by atoms with E-state index in [1.165, 1.54) is 32.1 Å². The summed E-state index contributed by atoms with van der Waals surface area (Å²) in [5.41, 5.74) is 2.77. The molecule has 1 heterocycles. The van der Waals surface area contributed by atoms with Gasteiger partial charge in [0.2, 0.25) is 0 Å². The smallest absolute Gasteiger partial charge is 0.261 e. The number of anilines is 1. The number of rotatable bonds is 8. The fraction of sp³-hybridized carbons (Fsp3) is 0.520. The molecule has 1 aromatic heterocycles. The highest BCUT2D eigenvalue weighted by molar-refractivity contribution is 6.05. The van der Waals surface area contributed by atoms with E-state index in [1.807, 2.05) is 37.3 Å². The molecule has 1 saturated carbocycles. The Morgan fingerprint density at radius 1 is 1.10 bits per heavy atom. The minimum absolute atomic E-state index is 0.165. The number of pyridine rings is 1. The molecule has 1 aliphatic carbocycles. The fourth-order valence-electron chi connectivity index (χ4n) is 4.47. The molecule has 1 aromatic carbocycles. The lowest BCUT2D eigenvalue weighted by Gasteiger charge is -2.27. The van der Waals surface area contributed by atoms with Gasteiger partial charge in [0.15, 0.2) is 5.43 Å². The van der Waals surface area contributed by atoms with Gasteiger partial charge in [-0.3, -0.25) is 9.59 Å². The number of hydrogen-bond acceptors (Lipinski definition) is 2. The fourth-order valence-corrected chi connectivity index (χ4v) is 4.47. The third-order valence-corrected chi connectivity index (χ3v) is 6.07. The lowest BCUT2D eigenvalue weighted by molar-refractivity contribution is 0.102. The van der Waals surface area contributed by atoms with Crippen LogP contribution in [0.4, 0.5) is 5.69 Å². The van der Waals surface area contributed by atoms with Gasteiger partial charge in [-0.1, -0.05) is 57.2 Å². The maximum absolute atomic E-state index is 13.1. The molecular weight excluding hydrogens is 360 g/mol. The summed E-state index contributed by atoms with van der Waals surface area (Å²) < 4.78 is 2.27. The topological polar surface area (TPSA) is 51.1 Å². The van der Waals surface area contributed by atoms with Crippen LogP contribution in [0.15, 0.2) is 41.2 Å². The maximum atomic E-state index is 13.1. The van der Waals surface area contributed by atoms with E-state index in [4.69, 9.17) is 0 Å². The Hall–Kier alpha value is -2.36. The number of para-hydroxylation sites is 1. The first-order valence-electron chi connectivity index (χ1n) is 11.2. The Morgan fingerprint density at radius 3 is 2.52 bits per heavy atom. The first-order valence-corrected chi connectivity index (χ1v) is 11.2. The summed E-state index contributed by atoms with van der Waals surface area (Å²) in [6.45, 7) is 5.10. The highest BCUT2D eigenvalue weighted by atomic mass is 16.2. The average Bonchev–Trinajstić information content (AvgIpc) is 2.72. The Bertz CT molecular complexity index is 864. The second-order valence-electron chi connectivity index (χ2n) is 8.36. The molecule has 0 atom stereocenters. The quantitative estimate of drug-likeness (QED) is 0.582. The molecular formula is C25H34N2O2.